The van der Waals surface area contributed by atoms with E-state index in [1.165, 1.54) is 0 Å². The summed E-state index contributed by atoms with van der Waals surface area (Å²) in [4.78, 5) is 10.5. The zero-order valence-electron chi connectivity index (χ0n) is 9.26. The molecule has 1 aliphatic heterocycles. The molecule has 0 atom stereocenters. The van der Waals surface area contributed by atoms with Crippen LogP contribution in [0.3, 0.4) is 0 Å². The third-order valence-electron chi connectivity index (χ3n) is 2.50. The van der Waals surface area contributed by atoms with Crippen LogP contribution in [0.4, 0.5) is 0 Å². The van der Waals surface area contributed by atoms with E-state index in [9.17, 15) is 0 Å². The number of nitrogens with zero attached hydrogens (tertiary/aromatic N) is 2. The smallest absolute Gasteiger partial charge is 0.129 e. The molecule has 5 nitrogen and oxygen atoms in total. The first kappa shape index (κ1) is 11.2. The third-order valence-corrected chi connectivity index (χ3v) is 2.50. The van der Waals surface area contributed by atoms with Crippen molar-refractivity contribution in [1.82, 2.24) is 9.88 Å². The molecule has 0 radical (unpaired) electrons. The molecule has 0 bridgehead atoms. The van der Waals surface area contributed by atoms with E-state index >= 15 is 0 Å². The van der Waals surface area contributed by atoms with Crippen LogP contribution in [0.1, 0.15) is 5.56 Å². The zero-order chi connectivity index (χ0) is 11.1. The maximum absolute atomic E-state index is 5.26. The molecule has 1 saturated heterocycles. The number of oxime groups is 1. The number of hydrogen-bond acceptors (Lipinski definition) is 4. The molecule has 5 heteroatoms. The molecular formula is C11H17N3O2. The van der Waals surface area contributed by atoms with Crippen molar-refractivity contribution in [3.05, 3.63) is 24.0 Å². The second kappa shape index (κ2) is 6.30. The lowest BCUT2D eigenvalue weighted by molar-refractivity contribution is 0.0214. The van der Waals surface area contributed by atoms with Gasteiger partial charge in [-0.05, 0) is 6.07 Å². The number of aromatic amines is 1. The molecule has 1 aromatic heterocycles. The van der Waals surface area contributed by atoms with Crippen LogP contribution in [-0.2, 0) is 9.57 Å². The van der Waals surface area contributed by atoms with Crippen molar-refractivity contribution in [2.45, 2.75) is 0 Å². The second-order valence-corrected chi connectivity index (χ2v) is 3.67. The number of aromatic nitrogens is 1. The van der Waals surface area contributed by atoms with Gasteiger partial charge in [-0.3, -0.25) is 4.90 Å². The summed E-state index contributed by atoms with van der Waals surface area (Å²) in [7, 11) is 0. The Bertz CT molecular complexity index is 305. The zero-order valence-corrected chi connectivity index (χ0v) is 9.26. The molecule has 0 aromatic carbocycles. The van der Waals surface area contributed by atoms with Gasteiger partial charge in [0.25, 0.3) is 0 Å². The minimum Gasteiger partial charge on any atom is -0.394 e. The van der Waals surface area contributed by atoms with Crippen LogP contribution in [0, 0.1) is 0 Å². The highest BCUT2D eigenvalue weighted by molar-refractivity contribution is 5.78. The largest absolute Gasteiger partial charge is 0.394 e. The molecule has 2 heterocycles. The molecule has 2 rings (SSSR count). The van der Waals surface area contributed by atoms with Crippen LogP contribution in [0.2, 0.25) is 0 Å². The van der Waals surface area contributed by atoms with Crippen LogP contribution in [0.15, 0.2) is 23.6 Å². The van der Waals surface area contributed by atoms with E-state index in [4.69, 9.17) is 9.57 Å². The van der Waals surface area contributed by atoms with Gasteiger partial charge in [0.15, 0.2) is 0 Å². The minimum atomic E-state index is 0.626. The molecule has 0 saturated carbocycles. The fourth-order valence-corrected chi connectivity index (χ4v) is 1.56. The fourth-order valence-electron chi connectivity index (χ4n) is 1.56. The Morgan fingerprint density at radius 3 is 3.12 bits per heavy atom. The topological polar surface area (TPSA) is 49.9 Å². The maximum Gasteiger partial charge on any atom is 0.129 e. The summed E-state index contributed by atoms with van der Waals surface area (Å²) >= 11 is 0. The summed E-state index contributed by atoms with van der Waals surface area (Å²) in [6.07, 6.45) is 5.43. The highest BCUT2D eigenvalue weighted by atomic mass is 16.6. The second-order valence-electron chi connectivity index (χ2n) is 3.67. The molecule has 1 fully saturated rings. The van der Waals surface area contributed by atoms with Crippen molar-refractivity contribution in [1.29, 1.82) is 0 Å². The van der Waals surface area contributed by atoms with Crippen LogP contribution in [-0.4, -0.2) is 55.6 Å². The van der Waals surface area contributed by atoms with Gasteiger partial charge in [-0.25, -0.2) is 0 Å². The molecule has 0 unspecified atom stereocenters. The SMILES string of the molecule is C(=NOCCN1CCOCC1)c1cc[nH]c1. The molecule has 16 heavy (non-hydrogen) atoms. The summed E-state index contributed by atoms with van der Waals surface area (Å²) in [5.74, 6) is 0. The van der Waals surface area contributed by atoms with E-state index in [2.05, 4.69) is 15.0 Å². The lowest BCUT2D eigenvalue weighted by Gasteiger charge is -2.25. The number of H-pyrrole nitrogens is 1. The van der Waals surface area contributed by atoms with Crippen molar-refractivity contribution in [3.8, 4) is 0 Å². The Kier molecular flexibility index (Phi) is 4.39. The van der Waals surface area contributed by atoms with Crippen molar-refractivity contribution in [2.75, 3.05) is 39.5 Å². The summed E-state index contributed by atoms with van der Waals surface area (Å²) < 4.78 is 5.26. The maximum atomic E-state index is 5.26. The Morgan fingerprint density at radius 2 is 2.38 bits per heavy atom. The monoisotopic (exact) mass is 223 g/mol. The predicted octanol–water partition coefficient (Wildman–Crippen LogP) is 0.697. The molecule has 1 aromatic rings. The lowest BCUT2D eigenvalue weighted by atomic mass is 10.4. The molecule has 88 valence electrons. The normalized spacial score (nSPS) is 18.0. The van der Waals surface area contributed by atoms with Gasteiger partial charge in [-0.2, -0.15) is 0 Å². The summed E-state index contributed by atoms with van der Waals surface area (Å²) in [5.41, 5.74) is 1.02. The quantitative estimate of drug-likeness (QED) is 0.454. The molecule has 0 spiro atoms. The van der Waals surface area contributed by atoms with Gasteiger partial charge in [0.2, 0.25) is 0 Å². The number of morpholine rings is 1. The standard InChI is InChI=1S/C11H17N3O2/c1-2-12-9-11(1)10-13-16-8-5-14-3-6-15-7-4-14/h1-2,9-10,12H,3-8H2. The van der Waals surface area contributed by atoms with E-state index in [-0.39, 0.29) is 0 Å². The Labute approximate surface area is 95.0 Å². The van der Waals surface area contributed by atoms with Gasteiger partial charge in [0.05, 0.1) is 19.4 Å². The molecular weight excluding hydrogens is 206 g/mol. The fraction of sp³-hybridized carbons (Fsp3) is 0.545. The Balaban J connectivity index is 1.57. The number of hydrogen-bond donors (Lipinski definition) is 1. The minimum absolute atomic E-state index is 0.626. The number of ether oxygens (including phenoxy) is 1. The Hall–Kier alpha value is -1.33. The average Bonchev–Trinajstić information content (AvgIpc) is 2.83. The predicted molar refractivity (Wildman–Crippen MR) is 61.6 cm³/mol. The van der Waals surface area contributed by atoms with E-state index in [1.54, 1.807) is 6.21 Å². The molecule has 0 aliphatic carbocycles. The van der Waals surface area contributed by atoms with Crippen molar-refractivity contribution < 1.29 is 9.57 Å². The summed E-state index contributed by atoms with van der Waals surface area (Å²) in [5, 5.41) is 3.90. The first-order chi connectivity index (χ1) is 7.95. The highest BCUT2D eigenvalue weighted by Crippen LogP contribution is 1.96. The Morgan fingerprint density at radius 1 is 1.50 bits per heavy atom. The van der Waals surface area contributed by atoms with Crippen LogP contribution < -0.4 is 0 Å². The van der Waals surface area contributed by atoms with Crippen LogP contribution in [0.25, 0.3) is 0 Å². The number of nitrogens with one attached hydrogen (secondary N) is 1. The average molecular weight is 223 g/mol. The van der Waals surface area contributed by atoms with Gasteiger partial charge in [0, 0.05) is 37.6 Å². The molecule has 1 N–H and O–H groups in total. The number of rotatable bonds is 5. The van der Waals surface area contributed by atoms with E-state index < -0.39 is 0 Å². The van der Waals surface area contributed by atoms with Crippen molar-refractivity contribution in [2.24, 2.45) is 5.16 Å². The van der Waals surface area contributed by atoms with Crippen molar-refractivity contribution in [3.63, 3.8) is 0 Å². The molecule has 0 amide bonds. The van der Waals surface area contributed by atoms with Crippen LogP contribution in [0.5, 0.6) is 0 Å². The van der Waals surface area contributed by atoms with Crippen molar-refractivity contribution >= 4 is 6.21 Å². The first-order valence-corrected chi connectivity index (χ1v) is 5.53. The van der Waals surface area contributed by atoms with Crippen LogP contribution >= 0.6 is 0 Å². The summed E-state index contributed by atoms with van der Waals surface area (Å²) in [6.45, 7) is 5.17. The highest BCUT2D eigenvalue weighted by Gasteiger charge is 2.09. The first-order valence-electron chi connectivity index (χ1n) is 5.53. The third kappa shape index (κ3) is 3.67. The lowest BCUT2D eigenvalue weighted by Crippen LogP contribution is -2.38. The van der Waals surface area contributed by atoms with Gasteiger partial charge in [-0.1, -0.05) is 5.16 Å². The van der Waals surface area contributed by atoms with E-state index in [1.807, 2.05) is 18.5 Å². The molecule has 1 aliphatic rings. The van der Waals surface area contributed by atoms with E-state index in [0.29, 0.717) is 6.61 Å². The van der Waals surface area contributed by atoms with Gasteiger partial charge < -0.3 is 14.6 Å². The van der Waals surface area contributed by atoms with Gasteiger partial charge in [-0.15, -0.1) is 0 Å². The van der Waals surface area contributed by atoms with Gasteiger partial charge in [0.1, 0.15) is 6.61 Å². The van der Waals surface area contributed by atoms with E-state index in [0.717, 1.165) is 38.4 Å². The van der Waals surface area contributed by atoms with Gasteiger partial charge >= 0.3 is 0 Å². The summed E-state index contributed by atoms with van der Waals surface area (Å²) in [6, 6.07) is 1.94.